The number of ether oxygens (including phenoxy) is 1. The predicted octanol–water partition coefficient (Wildman–Crippen LogP) is 1.09. The molecule has 0 spiro atoms. The number of sulfonamides is 1. The molecule has 9 heteroatoms. The minimum absolute atomic E-state index is 0.118. The summed E-state index contributed by atoms with van der Waals surface area (Å²) < 4.78 is 41.9. The van der Waals surface area contributed by atoms with E-state index in [1.807, 2.05) is 16.3 Å². The van der Waals surface area contributed by atoms with Crippen LogP contribution in [0.4, 0.5) is 4.39 Å². The number of benzene rings is 2. The van der Waals surface area contributed by atoms with Crippen molar-refractivity contribution in [1.82, 2.24) is 10.3 Å². The molecule has 0 saturated carbocycles. The Morgan fingerprint density at radius 1 is 1.21 bits per heavy atom. The van der Waals surface area contributed by atoms with Crippen molar-refractivity contribution in [3.8, 4) is 11.8 Å². The Bertz CT molecular complexity index is 876. The van der Waals surface area contributed by atoms with E-state index in [-0.39, 0.29) is 10.6 Å². The highest BCUT2D eigenvalue weighted by atomic mass is 32.2. The van der Waals surface area contributed by atoms with Crippen molar-refractivity contribution in [1.29, 1.82) is 5.26 Å². The summed E-state index contributed by atoms with van der Waals surface area (Å²) in [6.07, 6.45) is 0. The van der Waals surface area contributed by atoms with E-state index in [4.69, 9.17) is 10.00 Å². The van der Waals surface area contributed by atoms with Gasteiger partial charge in [0.2, 0.25) is 0 Å². The molecule has 124 valence electrons. The van der Waals surface area contributed by atoms with Crippen LogP contribution >= 0.6 is 0 Å². The fourth-order valence-corrected chi connectivity index (χ4v) is 2.49. The molecule has 0 aliphatic heterocycles. The second-order valence-corrected chi connectivity index (χ2v) is 6.22. The Labute approximate surface area is 137 Å². The lowest BCUT2D eigenvalue weighted by Gasteiger charge is -2.09. The summed E-state index contributed by atoms with van der Waals surface area (Å²) in [5.41, 5.74) is 2.28. The van der Waals surface area contributed by atoms with E-state index in [1.54, 1.807) is 0 Å². The van der Waals surface area contributed by atoms with Crippen LogP contribution in [0.25, 0.3) is 0 Å². The molecule has 2 N–H and O–H groups in total. The van der Waals surface area contributed by atoms with Crippen LogP contribution in [-0.4, -0.2) is 20.9 Å². The molecular weight excluding hydrogens is 337 g/mol. The monoisotopic (exact) mass is 349 g/mol. The van der Waals surface area contributed by atoms with Gasteiger partial charge in [0.1, 0.15) is 11.6 Å². The van der Waals surface area contributed by atoms with Crippen LogP contribution in [0, 0.1) is 17.1 Å². The van der Waals surface area contributed by atoms with Gasteiger partial charge in [-0.05, 0) is 36.4 Å². The van der Waals surface area contributed by atoms with Gasteiger partial charge in [0.25, 0.3) is 15.9 Å². The highest BCUT2D eigenvalue weighted by Crippen LogP contribution is 2.11. The molecule has 24 heavy (non-hydrogen) atoms. The van der Waals surface area contributed by atoms with Gasteiger partial charge in [-0.25, -0.2) is 12.8 Å². The third-order valence-electron chi connectivity index (χ3n) is 2.78. The third kappa shape index (κ3) is 4.77. The van der Waals surface area contributed by atoms with E-state index in [9.17, 15) is 17.6 Å². The van der Waals surface area contributed by atoms with Gasteiger partial charge >= 0.3 is 0 Å². The molecule has 2 rings (SSSR count). The van der Waals surface area contributed by atoms with Gasteiger partial charge in [0.15, 0.2) is 6.61 Å². The number of carbonyl (C=O) groups excluding carboxylic acids is 1. The number of rotatable bonds is 6. The predicted molar refractivity (Wildman–Crippen MR) is 81.5 cm³/mol. The van der Waals surface area contributed by atoms with Crippen LogP contribution in [-0.2, 0) is 14.8 Å². The Morgan fingerprint density at radius 2 is 1.92 bits per heavy atom. The zero-order valence-corrected chi connectivity index (χ0v) is 13.0. The van der Waals surface area contributed by atoms with Gasteiger partial charge in [-0.3, -0.25) is 10.2 Å². The Morgan fingerprint density at radius 3 is 2.54 bits per heavy atom. The van der Waals surface area contributed by atoms with E-state index >= 15 is 0 Å². The second kappa shape index (κ2) is 7.54. The highest BCUT2D eigenvalue weighted by Gasteiger charge is 2.15. The third-order valence-corrected chi connectivity index (χ3v) is 4.05. The molecule has 0 atom stereocenters. The van der Waals surface area contributed by atoms with Crippen molar-refractivity contribution in [2.24, 2.45) is 0 Å². The molecular formula is C15H12FN3O4S. The lowest BCUT2D eigenvalue weighted by molar-refractivity contribution is -0.123. The van der Waals surface area contributed by atoms with E-state index in [1.165, 1.54) is 42.5 Å². The number of amides is 1. The molecule has 0 bridgehead atoms. The van der Waals surface area contributed by atoms with Crippen LogP contribution in [0.15, 0.2) is 53.4 Å². The number of nitrogens with one attached hydrogen (secondary N) is 2. The summed E-state index contributed by atoms with van der Waals surface area (Å²) in [5, 5.41) is 8.67. The van der Waals surface area contributed by atoms with Crippen LogP contribution in [0.3, 0.4) is 0 Å². The zero-order chi connectivity index (χ0) is 17.6. The Hall–Kier alpha value is -2.96. The number of nitriles is 1. The normalized spacial score (nSPS) is 10.7. The maximum absolute atomic E-state index is 12.9. The van der Waals surface area contributed by atoms with E-state index < -0.39 is 28.4 Å². The first kappa shape index (κ1) is 17.4. The summed E-state index contributed by atoms with van der Waals surface area (Å²) in [6, 6.07) is 12.2. The van der Waals surface area contributed by atoms with E-state index in [0.717, 1.165) is 6.07 Å². The molecule has 2 aromatic carbocycles. The first-order chi connectivity index (χ1) is 11.4. The summed E-state index contributed by atoms with van der Waals surface area (Å²) >= 11 is 0. The minimum atomic E-state index is -3.98. The van der Waals surface area contributed by atoms with E-state index in [0.29, 0.717) is 5.56 Å². The van der Waals surface area contributed by atoms with Gasteiger partial charge in [-0.2, -0.15) is 5.26 Å². The van der Waals surface area contributed by atoms with Crippen LogP contribution < -0.4 is 15.0 Å². The first-order valence-corrected chi connectivity index (χ1v) is 8.08. The average molecular weight is 349 g/mol. The molecule has 0 fully saturated rings. The standard InChI is InChI=1S/C15H12FN3O4S/c16-12-2-1-3-13(8-12)23-10-15(20)18-19-24(21,22)14-6-4-11(9-17)5-7-14/h1-8,19H,10H2,(H,18,20). The zero-order valence-electron chi connectivity index (χ0n) is 12.2. The van der Waals surface area contributed by atoms with Crippen LogP contribution in [0.5, 0.6) is 5.75 Å². The van der Waals surface area contributed by atoms with E-state index in [2.05, 4.69) is 0 Å². The Kier molecular flexibility index (Phi) is 5.47. The highest BCUT2D eigenvalue weighted by molar-refractivity contribution is 7.89. The molecule has 0 aliphatic carbocycles. The van der Waals surface area contributed by atoms with Gasteiger partial charge in [-0.1, -0.05) is 6.07 Å². The quantitative estimate of drug-likeness (QED) is 0.759. The first-order valence-electron chi connectivity index (χ1n) is 6.60. The van der Waals surface area contributed by atoms with Crippen molar-refractivity contribution in [2.75, 3.05) is 6.61 Å². The van der Waals surface area contributed by atoms with Gasteiger partial charge in [0.05, 0.1) is 16.5 Å². The van der Waals surface area contributed by atoms with Crippen molar-refractivity contribution < 1.29 is 22.3 Å². The molecule has 1 amide bonds. The van der Waals surface area contributed by atoms with Crippen molar-refractivity contribution in [3.05, 3.63) is 59.9 Å². The fraction of sp³-hybridized carbons (Fsp3) is 0.0667. The minimum Gasteiger partial charge on any atom is -0.484 e. The number of halogens is 1. The molecule has 0 unspecified atom stereocenters. The largest absolute Gasteiger partial charge is 0.484 e. The molecule has 0 radical (unpaired) electrons. The number of hydrogen-bond acceptors (Lipinski definition) is 5. The van der Waals surface area contributed by atoms with Crippen molar-refractivity contribution in [2.45, 2.75) is 4.90 Å². The molecule has 7 nitrogen and oxygen atoms in total. The number of hydrogen-bond donors (Lipinski definition) is 2. The maximum atomic E-state index is 12.9. The van der Waals surface area contributed by atoms with Crippen molar-refractivity contribution >= 4 is 15.9 Å². The SMILES string of the molecule is N#Cc1ccc(S(=O)(=O)NNC(=O)COc2cccc(F)c2)cc1. The van der Waals surface area contributed by atoms with Crippen LogP contribution in [0.2, 0.25) is 0 Å². The maximum Gasteiger partial charge on any atom is 0.272 e. The number of carbonyl (C=O) groups is 1. The molecule has 0 aromatic heterocycles. The lowest BCUT2D eigenvalue weighted by atomic mass is 10.2. The molecule has 0 heterocycles. The molecule has 2 aromatic rings. The van der Waals surface area contributed by atoms with Crippen molar-refractivity contribution in [3.63, 3.8) is 0 Å². The average Bonchev–Trinajstić information content (AvgIpc) is 2.58. The van der Waals surface area contributed by atoms with Gasteiger partial charge in [-0.15, -0.1) is 4.83 Å². The Balaban J connectivity index is 1.89. The number of hydrazine groups is 1. The summed E-state index contributed by atoms with van der Waals surface area (Å²) in [7, 11) is -3.98. The smallest absolute Gasteiger partial charge is 0.272 e. The van der Waals surface area contributed by atoms with Gasteiger partial charge < -0.3 is 4.74 Å². The lowest BCUT2D eigenvalue weighted by Crippen LogP contribution is -2.43. The summed E-state index contributed by atoms with van der Waals surface area (Å²) in [6.45, 7) is -0.501. The number of nitrogens with zero attached hydrogens (tertiary/aromatic N) is 1. The van der Waals surface area contributed by atoms with Gasteiger partial charge in [0, 0.05) is 6.07 Å². The molecule has 0 aliphatic rings. The fourth-order valence-electron chi connectivity index (χ4n) is 1.63. The summed E-state index contributed by atoms with van der Waals surface area (Å²) in [4.78, 5) is 13.4. The molecule has 0 saturated heterocycles. The second-order valence-electron chi connectivity index (χ2n) is 4.54. The summed E-state index contributed by atoms with van der Waals surface area (Å²) in [5.74, 6) is -1.15. The topological polar surface area (TPSA) is 108 Å². The van der Waals surface area contributed by atoms with Crippen LogP contribution in [0.1, 0.15) is 5.56 Å².